The van der Waals surface area contributed by atoms with E-state index >= 15 is 0 Å². The van der Waals surface area contributed by atoms with Gasteiger partial charge in [0.1, 0.15) is 0 Å². The number of nitrogens with one attached hydrogen (secondary N) is 1. The van der Waals surface area contributed by atoms with Gasteiger partial charge in [0.05, 0.1) is 0 Å². The van der Waals surface area contributed by atoms with Crippen LogP contribution in [0.3, 0.4) is 0 Å². The van der Waals surface area contributed by atoms with Gasteiger partial charge in [-0.05, 0) is 25.3 Å². The van der Waals surface area contributed by atoms with Gasteiger partial charge in [0.25, 0.3) is 5.95 Å². The molecule has 114 valence electrons. The Morgan fingerprint density at radius 2 is 2.00 bits per heavy atom. The zero-order chi connectivity index (χ0) is 15.2. The van der Waals surface area contributed by atoms with Crippen LogP contribution in [0.2, 0.25) is 0 Å². The lowest BCUT2D eigenvalue weighted by atomic mass is 10.0. The van der Waals surface area contributed by atoms with E-state index in [1.165, 1.54) is 12.8 Å². The molecule has 3 N–H and O–H groups in total. The summed E-state index contributed by atoms with van der Waals surface area (Å²) in [6, 6.07) is 2.10. The van der Waals surface area contributed by atoms with Gasteiger partial charge in [-0.2, -0.15) is 20.1 Å². The van der Waals surface area contributed by atoms with Crippen molar-refractivity contribution < 1.29 is 0 Å². The lowest BCUT2D eigenvalue weighted by Gasteiger charge is -2.15. The van der Waals surface area contributed by atoms with E-state index in [1.807, 2.05) is 6.07 Å². The van der Waals surface area contributed by atoms with Gasteiger partial charge in [-0.15, -0.1) is 0 Å². The second kappa shape index (κ2) is 7.01. The second-order valence-electron chi connectivity index (χ2n) is 5.64. The molecule has 0 radical (unpaired) electrons. The van der Waals surface area contributed by atoms with Crippen LogP contribution < -0.4 is 11.1 Å². The van der Waals surface area contributed by atoms with Gasteiger partial charge < -0.3 is 11.1 Å². The molecule has 0 bridgehead atoms. The van der Waals surface area contributed by atoms with Crippen molar-refractivity contribution in [1.29, 1.82) is 0 Å². The number of hydrogen-bond donors (Lipinski definition) is 2. The Balaban J connectivity index is 2.00. The first-order chi connectivity index (χ1) is 10.0. The first-order valence-electron chi connectivity index (χ1n) is 7.32. The van der Waals surface area contributed by atoms with Gasteiger partial charge in [-0.3, -0.25) is 0 Å². The number of nitrogens with two attached hydrogens (primary N) is 1. The Kier molecular flexibility index (Phi) is 5.08. The summed E-state index contributed by atoms with van der Waals surface area (Å²) in [6.07, 6.45) is 6.91. The van der Waals surface area contributed by atoms with E-state index in [0.717, 1.165) is 12.3 Å². The maximum Gasteiger partial charge on any atom is 0.257 e. The zero-order valence-electron chi connectivity index (χ0n) is 12.8. The molecule has 0 saturated carbocycles. The summed E-state index contributed by atoms with van der Waals surface area (Å²) in [7, 11) is 0. The Hall–Kier alpha value is -2.18. The third-order valence-corrected chi connectivity index (χ3v) is 3.14. The SMILES string of the molecule is CC(C)CCCC(C)Nc1nc(N)nc(-n2cccn2)n1. The van der Waals surface area contributed by atoms with Crippen LogP contribution in [0, 0.1) is 5.92 Å². The number of nitrogen functional groups attached to an aromatic ring is 1. The lowest BCUT2D eigenvalue weighted by Crippen LogP contribution is -2.19. The van der Waals surface area contributed by atoms with Gasteiger partial charge in [-0.1, -0.05) is 26.7 Å². The highest BCUT2D eigenvalue weighted by molar-refractivity contribution is 5.35. The minimum atomic E-state index is 0.187. The van der Waals surface area contributed by atoms with Crippen LogP contribution in [0.4, 0.5) is 11.9 Å². The molecule has 0 aliphatic carbocycles. The van der Waals surface area contributed by atoms with Crippen molar-refractivity contribution in [1.82, 2.24) is 24.7 Å². The van der Waals surface area contributed by atoms with E-state index in [1.54, 1.807) is 17.1 Å². The van der Waals surface area contributed by atoms with Gasteiger partial charge in [0.15, 0.2) is 0 Å². The van der Waals surface area contributed by atoms with E-state index in [-0.39, 0.29) is 12.0 Å². The second-order valence-corrected chi connectivity index (χ2v) is 5.64. The summed E-state index contributed by atoms with van der Waals surface area (Å²) in [6.45, 7) is 6.59. The number of anilines is 2. The van der Waals surface area contributed by atoms with E-state index < -0.39 is 0 Å². The third kappa shape index (κ3) is 4.70. The highest BCUT2D eigenvalue weighted by Gasteiger charge is 2.09. The van der Waals surface area contributed by atoms with Crippen LogP contribution in [-0.2, 0) is 0 Å². The molecule has 0 aliphatic heterocycles. The van der Waals surface area contributed by atoms with Crippen LogP contribution >= 0.6 is 0 Å². The standard InChI is InChI=1S/C14H23N7/c1-10(2)6-4-7-11(3)17-13-18-12(15)19-14(20-13)21-9-5-8-16-21/h5,8-11H,4,6-7H2,1-3H3,(H3,15,17,18,19,20). The summed E-state index contributed by atoms with van der Waals surface area (Å²) in [5.41, 5.74) is 5.74. The predicted molar refractivity (Wildman–Crippen MR) is 83.1 cm³/mol. The molecule has 0 fully saturated rings. The molecule has 2 heterocycles. The molecular weight excluding hydrogens is 266 g/mol. The van der Waals surface area contributed by atoms with Crippen LogP contribution in [-0.4, -0.2) is 30.8 Å². The molecule has 7 heteroatoms. The van der Waals surface area contributed by atoms with Crippen LogP contribution in [0.15, 0.2) is 18.5 Å². The largest absolute Gasteiger partial charge is 0.368 e. The maximum absolute atomic E-state index is 5.74. The fraction of sp³-hybridized carbons (Fsp3) is 0.571. The average Bonchev–Trinajstić information content (AvgIpc) is 2.91. The fourth-order valence-electron chi connectivity index (χ4n) is 2.06. The van der Waals surface area contributed by atoms with E-state index in [9.17, 15) is 0 Å². The van der Waals surface area contributed by atoms with Gasteiger partial charge in [0.2, 0.25) is 11.9 Å². The Morgan fingerprint density at radius 1 is 1.19 bits per heavy atom. The monoisotopic (exact) mass is 289 g/mol. The van der Waals surface area contributed by atoms with Crippen LogP contribution in [0.25, 0.3) is 5.95 Å². The van der Waals surface area contributed by atoms with Crippen molar-refractivity contribution in [3.63, 3.8) is 0 Å². The minimum Gasteiger partial charge on any atom is -0.368 e. The van der Waals surface area contributed by atoms with Crippen molar-refractivity contribution in [2.45, 2.75) is 46.1 Å². The molecule has 2 rings (SSSR count). The summed E-state index contributed by atoms with van der Waals surface area (Å²) < 4.78 is 1.56. The molecule has 0 aliphatic rings. The van der Waals surface area contributed by atoms with E-state index in [2.05, 4.69) is 46.1 Å². The number of nitrogens with zero attached hydrogens (tertiary/aromatic N) is 5. The Labute approximate surface area is 125 Å². The molecule has 0 aromatic carbocycles. The molecule has 7 nitrogen and oxygen atoms in total. The molecule has 1 unspecified atom stereocenters. The Bertz CT molecular complexity index is 550. The van der Waals surface area contributed by atoms with Crippen molar-refractivity contribution in [2.24, 2.45) is 5.92 Å². The molecule has 0 saturated heterocycles. The molecule has 21 heavy (non-hydrogen) atoms. The first kappa shape index (κ1) is 15.2. The van der Waals surface area contributed by atoms with Crippen LogP contribution in [0.5, 0.6) is 0 Å². The van der Waals surface area contributed by atoms with Gasteiger partial charge >= 0.3 is 0 Å². The molecule has 2 aromatic rings. The molecule has 0 spiro atoms. The van der Waals surface area contributed by atoms with Gasteiger partial charge in [-0.25, -0.2) is 4.68 Å². The minimum absolute atomic E-state index is 0.187. The average molecular weight is 289 g/mol. The normalized spacial score (nSPS) is 12.6. The third-order valence-electron chi connectivity index (χ3n) is 3.14. The number of aromatic nitrogens is 5. The smallest absolute Gasteiger partial charge is 0.257 e. The van der Waals surface area contributed by atoms with Crippen LogP contribution in [0.1, 0.15) is 40.0 Å². The molecule has 0 amide bonds. The highest BCUT2D eigenvalue weighted by Crippen LogP contribution is 2.12. The number of hydrogen-bond acceptors (Lipinski definition) is 6. The zero-order valence-corrected chi connectivity index (χ0v) is 12.8. The van der Waals surface area contributed by atoms with Crippen molar-refractivity contribution in [3.8, 4) is 5.95 Å². The van der Waals surface area contributed by atoms with E-state index in [0.29, 0.717) is 11.9 Å². The maximum atomic E-state index is 5.74. The van der Waals surface area contributed by atoms with E-state index in [4.69, 9.17) is 5.73 Å². The fourth-order valence-corrected chi connectivity index (χ4v) is 2.06. The van der Waals surface area contributed by atoms with Crippen molar-refractivity contribution in [2.75, 3.05) is 11.1 Å². The molecular formula is C14H23N7. The highest BCUT2D eigenvalue weighted by atomic mass is 15.4. The predicted octanol–water partition coefficient (Wildman–Crippen LogP) is 2.27. The summed E-state index contributed by atoms with van der Waals surface area (Å²) in [5.74, 6) is 1.83. The summed E-state index contributed by atoms with van der Waals surface area (Å²) >= 11 is 0. The summed E-state index contributed by atoms with van der Waals surface area (Å²) in [5, 5.41) is 7.37. The summed E-state index contributed by atoms with van der Waals surface area (Å²) in [4.78, 5) is 12.6. The van der Waals surface area contributed by atoms with Gasteiger partial charge in [0, 0.05) is 18.4 Å². The quantitative estimate of drug-likeness (QED) is 0.812. The Morgan fingerprint density at radius 3 is 2.67 bits per heavy atom. The lowest BCUT2D eigenvalue weighted by molar-refractivity contribution is 0.519. The molecule has 2 aromatic heterocycles. The first-order valence-corrected chi connectivity index (χ1v) is 7.32. The van der Waals surface area contributed by atoms with Crippen molar-refractivity contribution >= 4 is 11.9 Å². The topological polar surface area (TPSA) is 94.5 Å². The molecule has 1 atom stereocenters. The van der Waals surface area contributed by atoms with Crippen molar-refractivity contribution in [3.05, 3.63) is 18.5 Å². The number of rotatable bonds is 7.